The summed E-state index contributed by atoms with van der Waals surface area (Å²) >= 11 is 0. The van der Waals surface area contributed by atoms with Crippen LogP contribution in [0.5, 0.6) is 0 Å². The Kier molecular flexibility index (Phi) is 6.50. The van der Waals surface area contributed by atoms with E-state index in [1.165, 1.54) is 0 Å². The Morgan fingerprint density at radius 2 is 1.75 bits per heavy atom. The van der Waals surface area contributed by atoms with Crippen LogP contribution in [-0.2, 0) is 16.0 Å². The number of benzene rings is 2. The molecule has 2 aromatic carbocycles. The Balaban J connectivity index is 1.59. The van der Waals surface area contributed by atoms with E-state index in [1.54, 1.807) is 0 Å². The summed E-state index contributed by atoms with van der Waals surface area (Å²) in [6.45, 7) is 8.08. The van der Waals surface area contributed by atoms with Gasteiger partial charge in [0.2, 0.25) is 11.8 Å². The number of carbonyl (C=O) groups excluding carboxylic acids is 2. The van der Waals surface area contributed by atoms with Gasteiger partial charge in [-0.25, -0.2) is 0 Å². The van der Waals surface area contributed by atoms with E-state index in [-0.39, 0.29) is 17.7 Å². The van der Waals surface area contributed by atoms with Crippen LogP contribution in [0.1, 0.15) is 36.5 Å². The highest BCUT2D eigenvalue weighted by Gasteiger charge is 2.30. The predicted octanol–water partition coefficient (Wildman–Crippen LogP) is 4.14. The molecule has 0 aromatic heterocycles. The lowest BCUT2D eigenvalue weighted by atomic mass is 9.94. The van der Waals surface area contributed by atoms with Crippen molar-refractivity contribution < 1.29 is 9.59 Å². The second-order valence-corrected chi connectivity index (χ2v) is 7.68. The van der Waals surface area contributed by atoms with Crippen molar-refractivity contribution in [3.05, 3.63) is 65.2 Å². The molecule has 0 spiro atoms. The van der Waals surface area contributed by atoms with Crippen LogP contribution >= 0.6 is 0 Å². The number of amides is 2. The maximum absolute atomic E-state index is 13.1. The van der Waals surface area contributed by atoms with E-state index in [1.807, 2.05) is 73.0 Å². The number of aryl methyl sites for hydroxylation is 2. The minimum absolute atomic E-state index is 0.0111. The van der Waals surface area contributed by atoms with Crippen molar-refractivity contribution in [3.8, 4) is 0 Å². The van der Waals surface area contributed by atoms with Gasteiger partial charge in [0.05, 0.1) is 6.42 Å². The van der Waals surface area contributed by atoms with Crippen LogP contribution in [-0.4, -0.2) is 36.3 Å². The first-order chi connectivity index (χ1) is 13.5. The molecule has 2 amide bonds. The van der Waals surface area contributed by atoms with E-state index in [9.17, 15) is 9.59 Å². The smallest absolute Gasteiger partial charge is 0.230 e. The summed E-state index contributed by atoms with van der Waals surface area (Å²) < 4.78 is 0. The van der Waals surface area contributed by atoms with Gasteiger partial charge >= 0.3 is 0 Å². The Bertz CT molecular complexity index is 838. The summed E-state index contributed by atoms with van der Waals surface area (Å²) in [5, 5.41) is 0. The molecule has 1 saturated heterocycles. The van der Waals surface area contributed by atoms with E-state index in [0.29, 0.717) is 26.1 Å². The topological polar surface area (TPSA) is 40.6 Å². The molecule has 1 fully saturated rings. The molecule has 1 aliphatic rings. The summed E-state index contributed by atoms with van der Waals surface area (Å²) in [6, 6.07) is 16.1. The zero-order valence-electron chi connectivity index (χ0n) is 17.1. The van der Waals surface area contributed by atoms with Gasteiger partial charge in [0.25, 0.3) is 0 Å². The van der Waals surface area contributed by atoms with Crippen molar-refractivity contribution in [1.82, 2.24) is 4.90 Å². The molecule has 4 heteroatoms. The standard InChI is InChI=1S/C24H30N2O2/c1-4-26(22-11-7-8-18(2)16-22)24(28)20-12-14-25(15-13-20)23(27)17-21-10-6-5-9-19(21)3/h5-11,16,20H,4,12-15,17H2,1-3H3. The van der Waals surface area contributed by atoms with Crippen molar-refractivity contribution in [2.45, 2.75) is 40.0 Å². The molecule has 2 aromatic rings. The number of rotatable bonds is 5. The molecular weight excluding hydrogens is 348 g/mol. The Labute approximate surface area is 168 Å². The second-order valence-electron chi connectivity index (χ2n) is 7.68. The SMILES string of the molecule is CCN(C(=O)C1CCN(C(=O)Cc2ccccc2C)CC1)c1cccc(C)c1. The van der Waals surface area contributed by atoms with Crippen molar-refractivity contribution >= 4 is 17.5 Å². The molecule has 0 radical (unpaired) electrons. The van der Waals surface area contributed by atoms with Gasteiger partial charge in [0.15, 0.2) is 0 Å². The molecule has 3 rings (SSSR count). The summed E-state index contributed by atoms with van der Waals surface area (Å²) in [7, 11) is 0. The lowest BCUT2D eigenvalue weighted by Gasteiger charge is -2.34. The number of carbonyl (C=O) groups is 2. The number of hydrogen-bond donors (Lipinski definition) is 0. The van der Waals surface area contributed by atoms with Crippen molar-refractivity contribution in [2.75, 3.05) is 24.5 Å². The molecule has 28 heavy (non-hydrogen) atoms. The third kappa shape index (κ3) is 4.61. The van der Waals surface area contributed by atoms with Crippen LogP contribution in [0.3, 0.4) is 0 Å². The fraction of sp³-hybridized carbons (Fsp3) is 0.417. The van der Waals surface area contributed by atoms with Gasteiger partial charge in [-0.1, -0.05) is 36.4 Å². The highest BCUT2D eigenvalue weighted by Crippen LogP contribution is 2.24. The third-order valence-electron chi connectivity index (χ3n) is 5.70. The number of likely N-dealkylation sites (tertiary alicyclic amines) is 1. The molecule has 0 atom stereocenters. The van der Waals surface area contributed by atoms with E-state index < -0.39 is 0 Å². The van der Waals surface area contributed by atoms with Crippen LogP contribution in [0, 0.1) is 19.8 Å². The molecular formula is C24H30N2O2. The fourth-order valence-electron chi connectivity index (χ4n) is 3.94. The molecule has 0 bridgehead atoms. The molecule has 0 aliphatic carbocycles. The van der Waals surface area contributed by atoms with Gasteiger partial charge in [0, 0.05) is 31.2 Å². The number of anilines is 1. The quantitative estimate of drug-likeness (QED) is 0.785. The van der Waals surface area contributed by atoms with Crippen LogP contribution in [0.4, 0.5) is 5.69 Å². The molecule has 148 valence electrons. The maximum atomic E-state index is 13.1. The van der Waals surface area contributed by atoms with Crippen LogP contribution < -0.4 is 4.90 Å². The summed E-state index contributed by atoms with van der Waals surface area (Å²) in [5.41, 5.74) is 4.35. The highest BCUT2D eigenvalue weighted by molar-refractivity contribution is 5.95. The van der Waals surface area contributed by atoms with Gasteiger partial charge < -0.3 is 9.80 Å². The Hall–Kier alpha value is -2.62. The minimum atomic E-state index is -0.0111. The van der Waals surface area contributed by atoms with Gasteiger partial charge in [-0.3, -0.25) is 9.59 Å². The van der Waals surface area contributed by atoms with E-state index >= 15 is 0 Å². The summed E-state index contributed by atoms with van der Waals surface area (Å²) in [4.78, 5) is 29.5. The molecule has 4 nitrogen and oxygen atoms in total. The normalized spacial score (nSPS) is 14.8. The summed E-state index contributed by atoms with van der Waals surface area (Å²) in [6.07, 6.45) is 1.91. The number of piperidine rings is 1. The third-order valence-corrected chi connectivity index (χ3v) is 5.70. The number of nitrogens with zero attached hydrogens (tertiary/aromatic N) is 2. The maximum Gasteiger partial charge on any atom is 0.230 e. The molecule has 0 N–H and O–H groups in total. The predicted molar refractivity (Wildman–Crippen MR) is 113 cm³/mol. The van der Waals surface area contributed by atoms with Crippen LogP contribution in [0.2, 0.25) is 0 Å². The zero-order valence-corrected chi connectivity index (χ0v) is 17.1. The second kappa shape index (κ2) is 9.05. The first-order valence-corrected chi connectivity index (χ1v) is 10.2. The van der Waals surface area contributed by atoms with Gasteiger partial charge in [-0.05, 0) is 62.4 Å². The minimum Gasteiger partial charge on any atom is -0.342 e. The largest absolute Gasteiger partial charge is 0.342 e. The summed E-state index contributed by atoms with van der Waals surface area (Å²) in [5.74, 6) is 0.327. The Morgan fingerprint density at radius 1 is 1.04 bits per heavy atom. The van der Waals surface area contributed by atoms with E-state index in [4.69, 9.17) is 0 Å². The van der Waals surface area contributed by atoms with Gasteiger partial charge in [0.1, 0.15) is 0 Å². The van der Waals surface area contributed by atoms with Crippen molar-refractivity contribution in [1.29, 1.82) is 0 Å². The molecule has 0 unspecified atom stereocenters. The average Bonchev–Trinajstić information content (AvgIpc) is 2.70. The van der Waals surface area contributed by atoms with Gasteiger partial charge in [-0.15, -0.1) is 0 Å². The first-order valence-electron chi connectivity index (χ1n) is 10.2. The van der Waals surface area contributed by atoms with E-state index in [0.717, 1.165) is 35.2 Å². The van der Waals surface area contributed by atoms with Gasteiger partial charge in [-0.2, -0.15) is 0 Å². The van der Waals surface area contributed by atoms with Crippen molar-refractivity contribution in [2.24, 2.45) is 5.92 Å². The van der Waals surface area contributed by atoms with Crippen molar-refractivity contribution in [3.63, 3.8) is 0 Å². The monoisotopic (exact) mass is 378 g/mol. The number of hydrogen-bond acceptors (Lipinski definition) is 2. The lowest BCUT2D eigenvalue weighted by molar-refractivity contribution is -0.134. The zero-order chi connectivity index (χ0) is 20.1. The van der Waals surface area contributed by atoms with Crippen LogP contribution in [0.25, 0.3) is 0 Å². The highest BCUT2D eigenvalue weighted by atomic mass is 16.2. The molecule has 1 aliphatic heterocycles. The van der Waals surface area contributed by atoms with E-state index in [2.05, 4.69) is 6.07 Å². The molecule has 0 saturated carbocycles. The molecule has 1 heterocycles. The Morgan fingerprint density at radius 3 is 2.39 bits per heavy atom. The van der Waals surface area contributed by atoms with Crippen LogP contribution in [0.15, 0.2) is 48.5 Å². The lowest BCUT2D eigenvalue weighted by Crippen LogP contribution is -2.45. The fourth-order valence-corrected chi connectivity index (χ4v) is 3.94. The average molecular weight is 379 g/mol. The first kappa shape index (κ1) is 20.1.